The maximum Gasteiger partial charge on any atom is 0.0674 e. The minimum Gasteiger partial charge on any atom is -0.394 e. The molecule has 2 atom stereocenters. The van der Waals surface area contributed by atoms with Gasteiger partial charge in [-0.15, -0.1) is 0 Å². The summed E-state index contributed by atoms with van der Waals surface area (Å²) < 4.78 is 5.41. The van der Waals surface area contributed by atoms with Crippen molar-refractivity contribution in [2.24, 2.45) is 5.73 Å². The van der Waals surface area contributed by atoms with E-state index in [-0.39, 0.29) is 12.7 Å². The number of hydrogen-bond acceptors (Lipinski definition) is 4. The molecule has 0 aromatic heterocycles. The second kappa shape index (κ2) is 4.37. The number of aliphatic hydroxyl groups is 1. The molecule has 0 amide bonds. The third-order valence-electron chi connectivity index (χ3n) is 2.27. The van der Waals surface area contributed by atoms with E-state index in [0.717, 1.165) is 26.2 Å². The van der Waals surface area contributed by atoms with Crippen molar-refractivity contribution < 1.29 is 9.84 Å². The minimum absolute atomic E-state index is 0.0265. The van der Waals surface area contributed by atoms with E-state index >= 15 is 0 Å². The van der Waals surface area contributed by atoms with Crippen molar-refractivity contribution in [2.45, 2.75) is 25.5 Å². The first kappa shape index (κ1) is 10.9. The molecule has 3 N–H and O–H groups in total. The third kappa shape index (κ3) is 3.60. The lowest BCUT2D eigenvalue weighted by Crippen LogP contribution is -2.54. The summed E-state index contributed by atoms with van der Waals surface area (Å²) in [7, 11) is 0. The molecule has 0 bridgehead atoms. The van der Waals surface area contributed by atoms with E-state index in [9.17, 15) is 0 Å². The number of morpholine rings is 1. The molecule has 78 valence electrons. The van der Waals surface area contributed by atoms with E-state index in [1.807, 2.05) is 6.92 Å². The smallest absolute Gasteiger partial charge is 0.0674 e. The van der Waals surface area contributed by atoms with Crippen LogP contribution in [0.15, 0.2) is 0 Å². The molecule has 0 saturated carbocycles. The molecule has 0 radical (unpaired) electrons. The van der Waals surface area contributed by atoms with Crippen LogP contribution < -0.4 is 5.73 Å². The first-order valence-corrected chi connectivity index (χ1v) is 4.77. The topological polar surface area (TPSA) is 58.7 Å². The van der Waals surface area contributed by atoms with Crippen molar-refractivity contribution in [2.75, 3.05) is 32.8 Å². The minimum atomic E-state index is -0.489. The molecular formula is C9H20N2O2. The summed E-state index contributed by atoms with van der Waals surface area (Å²) in [5.74, 6) is 0. The Morgan fingerprint density at radius 3 is 2.92 bits per heavy atom. The van der Waals surface area contributed by atoms with Gasteiger partial charge in [-0.2, -0.15) is 0 Å². The Labute approximate surface area is 79.7 Å². The van der Waals surface area contributed by atoms with E-state index in [2.05, 4.69) is 11.8 Å². The lowest BCUT2D eigenvalue weighted by atomic mass is 10.0. The highest BCUT2D eigenvalue weighted by atomic mass is 16.5. The fourth-order valence-corrected chi connectivity index (χ4v) is 1.60. The molecule has 4 heteroatoms. The summed E-state index contributed by atoms with van der Waals surface area (Å²) in [5, 5.41) is 9.01. The number of nitrogens with zero attached hydrogens (tertiary/aromatic N) is 1. The maximum absolute atomic E-state index is 9.01. The zero-order valence-electron chi connectivity index (χ0n) is 8.49. The largest absolute Gasteiger partial charge is 0.394 e. The van der Waals surface area contributed by atoms with Gasteiger partial charge in [-0.1, -0.05) is 0 Å². The summed E-state index contributed by atoms with van der Waals surface area (Å²) in [6.45, 7) is 7.27. The number of nitrogens with two attached hydrogens (primary N) is 1. The molecule has 1 saturated heterocycles. The second-order valence-electron chi connectivity index (χ2n) is 4.23. The van der Waals surface area contributed by atoms with Crippen molar-refractivity contribution in [3.8, 4) is 0 Å². The Bertz CT molecular complexity index is 162. The molecule has 1 rings (SSSR count). The predicted octanol–water partition coefficient (Wildman–Crippen LogP) is -0.583. The van der Waals surface area contributed by atoms with Gasteiger partial charge in [0.05, 0.1) is 19.3 Å². The zero-order chi connectivity index (χ0) is 9.90. The van der Waals surface area contributed by atoms with E-state index < -0.39 is 5.54 Å². The van der Waals surface area contributed by atoms with Crippen LogP contribution in [0.25, 0.3) is 0 Å². The standard InChI is InChI=1S/C9H20N2O2/c1-8-5-11(3-4-13-8)6-9(2,10)7-12/h8,12H,3-7,10H2,1-2H3. The number of ether oxygens (including phenoxy) is 1. The summed E-state index contributed by atoms with van der Waals surface area (Å²) in [5.41, 5.74) is 5.37. The molecule has 2 unspecified atom stereocenters. The number of hydrogen-bond donors (Lipinski definition) is 2. The van der Waals surface area contributed by atoms with Gasteiger partial charge in [0.25, 0.3) is 0 Å². The van der Waals surface area contributed by atoms with Gasteiger partial charge in [-0.25, -0.2) is 0 Å². The molecule has 4 nitrogen and oxygen atoms in total. The van der Waals surface area contributed by atoms with Gasteiger partial charge < -0.3 is 15.6 Å². The van der Waals surface area contributed by atoms with Crippen molar-refractivity contribution in [1.29, 1.82) is 0 Å². The van der Waals surface area contributed by atoms with Gasteiger partial charge in [-0.05, 0) is 13.8 Å². The highest BCUT2D eigenvalue weighted by Gasteiger charge is 2.24. The quantitative estimate of drug-likeness (QED) is 0.622. The Morgan fingerprint density at radius 1 is 1.69 bits per heavy atom. The van der Waals surface area contributed by atoms with Gasteiger partial charge in [-0.3, -0.25) is 4.90 Å². The monoisotopic (exact) mass is 188 g/mol. The molecule has 13 heavy (non-hydrogen) atoms. The van der Waals surface area contributed by atoms with Crippen LogP contribution in [0.5, 0.6) is 0 Å². The lowest BCUT2D eigenvalue weighted by Gasteiger charge is -2.36. The summed E-state index contributed by atoms with van der Waals surface area (Å²) >= 11 is 0. The molecule has 0 aliphatic carbocycles. The van der Waals surface area contributed by atoms with Crippen molar-refractivity contribution in [1.82, 2.24) is 4.90 Å². The molecule has 0 aromatic carbocycles. The van der Waals surface area contributed by atoms with Crippen LogP contribution in [-0.4, -0.2) is 54.5 Å². The van der Waals surface area contributed by atoms with E-state index in [4.69, 9.17) is 15.6 Å². The molecule has 0 aromatic rings. The van der Waals surface area contributed by atoms with Crippen LogP contribution in [0, 0.1) is 0 Å². The molecule has 1 aliphatic heterocycles. The Hall–Kier alpha value is -0.160. The van der Waals surface area contributed by atoms with E-state index in [1.165, 1.54) is 0 Å². The summed E-state index contributed by atoms with van der Waals surface area (Å²) in [4.78, 5) is 2.24. The SMILES string of the molecule is CC1CN(CC(C)(N)CO)CCO1. The van der Waals surface area contributed by atoms with Crippen LogP contribution >= 0.6 is 0 Å². The predicted molar refractivity (Wildman–Crippen MR) is 51.5 cm³/mol. The first-order valence-electron chi connectivity index (χ1n) is 4.77. The lowest BCUT2D eigenvalue weighted by molar-refractivity contribution is -0.0270. The highest BCUT2D eigenvalue weighted by Crippen LogP contribution is 2.08. The third-order valence-corrected chi connectivity index (χ3v) is 2.27. The average molecular weight is 188 g/mol. The van der Waals surface area contributed by atoms with Crippen molar-refractivity contribution in [3.05, 3.63) is 0 Å². The molecule has 0 spiro atoms. The fraction of sp³-hybridized carbons (Fsp3) is 1.00. The van der Waals surface area contributed by atoms with Gasteiger partial charge in [0, 0.05) is 25.2 Å². The second-order valence-corrected chi connectivity index (χ2v) is 4.23. The molecule has 1 heterocycles. The van der Waals surface area contributed by atoms with Crippen LogP contribution in [0.2, 0.25) is 0 Å². The van der Waals surface area contributed by atoms with Crippen LogP contribution in [-0.2, 0) is 4.74 Å². The number of rotatable bonds is 3. The van der Waals surface area contributed by atoms with Crippen molar-refractivity contribution in [3.63, 3.8) is 0 Å². The van der Waals surface area contributed by atoms with Crippen LogP contribution in [0.1, 0.15) is 13.8 Å². The fourth-order valence-electron chi connectivity index (χ4n) is 1.60. The van der Waals surface area contributed by atoms with Crippen LogP contribution in [0.4, 0.5) is 0 Å². The molecule has 1 aliphatic rings. The summed E-state index contributed by atoms with van der Waals surface area (Å²) in [6, 6.07) is 0. The normalized spacial score (nSPS) is 30.0. The average Bonchev–Trinajstić information content (AvgIpc) is 2.03. The first-order chi connectivity index (χ1) is 6.03. The Kier molecular flexibility index (Phi) is 3.67. The van der Waals surface area contributed by atoms with E-state index in [1.54, 1.807) is 0 Å². The van der Waals surface area contributed by atoms with Gasteiger partial charge in [0.1, 0.15) is 0 Å². The molecule has 1 fully saturated rings. The van der Waals surface area contributed by atoms with Gasteiger partial charge in [0.2, 0.25) is 0 Å². The highest BCUT2D eigenvalue weighted by molar-refractivity contribution is 4.83. The molecular weight excluding hydrogens is 168 g/mol. The van der Waals surface area contributed by atoms with Crippen molar-refractivity contribution >= 4 is 0 Å². The van der Waals surface area contributed by atoms with E-state index in [0.29, 0.717) is 0 Å². The number of aliphatic hydroxyl groups excluding tert-OH is 1. The Morgan fingerprint density at radius 2 is 2.38 bits per heavy atom. The zero-order valence-corrected chi connectivity index (χ0v) is 8.49. The van der Waals surface area contributed by atoms with Gasteiger partial charge in [0.15, 0.2) is 0 Å². The Balaban J connectivity index is 2.35. The van der Waals surface area contributed by atoms with Gasteiger partial charge >= 0.3 is 0 Å². The van der Waals surface area contributed by atoms with Crippen LogP contribution in [0.3, 0.4) is 0 Å². The maximum atomic E-state index is 9.01. The summed E-state index contributed by atoms with van der Waals surface area (Å²) in [6.07, 6.45) is 0.281.